The van der Waals surface area contributed by atoms with Crippen molar-refractivity contribution in [1.29, 1.82) is 5.26 Å². The van der Waals surface area contributed by atoms with E-state index < -0.39 is 0 Å². The number of benzene rings is 1. The van der Waals surface area contributed by atoms with Gasteiger partial charge in [0.25, 0.3) is 5.91 Å². The van der Waals surface area contributed by atoms with Crippen LogP contribution in [0.4, 0.5) is 0 Å². The average molecular weight is 329 g/mol. The Morgan fingerprint density at radius 2 is 1.96 bits per heavy atom. The number of aliphatic hydroxyl groups is 1. The lowest BCUT2D eigenvalue weighted by Gasteiger charge is -2.38. The van der Waals surface area contributed by atoms with Crippen LogP contribution in [-0.4, -0.2) is 59.6 Å². The molecule has 1 fully saturated rings. The largest absolute Gasteiger partial charge is 0.391 e. The summed E-state index contributed by atoms with van der Waals surface area (Å²) in [6, 6.07) is 9.42. The molecule has 1 saturated heterocycles. The minimum absolute atomic E-state index is 0.0193. The summed E-state index contributed by atoms with van der Waals surface area (Å²) in [5.41, 5.74) is 1.38. The van der Waals surface area contributed by atoms with Gasteiger partial charge in [-0.2, -0.15) is 5.26 Å². The van der Waals surface area contributed by atoms with Crippen molar-refractivity contribution in [1.82, 2.24) is 9.80 Å². The van der Waals surface area contributed by atoms with Crippen LogP contribution in [0, 0.1) is 16.7 Å². The molecule has 0 spiro atoms. The van der Waals surface area contributed by atoms with Gasteiger partial charge in [-0.15, -0.1) is 0 Å². The molecule has 1 heterocycles. The Labute approximate surface area is 144 Å². The molecule has 5 heteroatoms. The fourth-order valence-corrected chi connectivity index (χ4v) is 2.74. The number of rotatable bonds is 4. The number of carbonyl (C=O) groups excluding carboxylic acids is 1. The summed E-state index contributed by atoms with van der Waals surface area (Å²) in [4.78, 5) is 16.7. The summed E-state index contributed by atoms with van der Waals surface area (Å²) in [7, 11) is 0. The van der Waals surface area contributed by atoms with Crippen LogP contribution in [0.15, 0.2) is 24.3 Å². The number of nitriles is 1. The summed E-state index contributed by atoms with van der Waals surface area (Å²) in [6.45, 7) is 9.62. The van der Waals surface area contributed by atoms with Crippen molar-refractivity contribution in [3.63, 3.8) is 0 Å². The SMILES string of the molecule is CC(C)(C)[C@H](O)CN1CCN(C(=O)c2cccc(CC#N)c2)CC1. The van der Waals surface area contributed by atoms with E-state index in [1.807, 2.05) is 37.8 Å². The second kappa shape index (κ2) is 7.78. The van der Waals surface area contributed by atoms with Gasteiger partial charge in [0.2, 0.25) is 0 Å². The topological polar surface area (TPSA) is 67.6 Å². The highest BCUT2D eigenvalue weighted by molar-refractivity contribution is 5.94. The van der Waals surface area contributed by atoms with Gasteiger partial charge in [-0.1, -0.05) is 32.9 Å². The van der Waals surface area contributed by atoms with Crippen molar-refractivity contribution in [2.24, 2.45) is 5.41 Å². The number of β-amino-alcohol motifs (C(OH)–C–C–N with tert-alkyl or cyclic N) is 1. The van der Waals surface area contributed by atoms with Gasteiger partial charge >= 0.3 is 0 Å². The van der Waals surface area contributed by atoms with Crippen LogP contribution in [0.1, 0.15) is 36.7 Å². The van der Waals surface area contributed by atoms with Gasteiger partial charge in [0.15, 0.2) is 0 Å². The fourth-order valence-electron chi connectivity index (χ4n) is 2.74. The standard InChI is InChI=1S/C19H27N3O2/c1-19(2,3)17(23)14-21-9-11-22(12-10-21)18(24)16-6-4-5-15(13-16)7-8-20/h4-6,13,17,23H,7,9-12,14H2,1-3H3/t17-/m1/s1. The highest BCUT2D eigenvalue weighted by Crippen LogP contribution is 2.20. The third-order valence-corrected chi connectivity index (χ3v) is 4.55. The average Bonchev–Trinajstić information content (AvgIpc) is 2.54. The first-order chi connectivity index (χ1) is 11.3. The lowest BCUT2D eigenvalue weighted by Crippen LogP contribution is -2.51. The molecule has 5 nitrogen and oxygen atoms in total. The fraction of sp³-hybridized carbons (Fsp3) is 0.579. The van der Waals surface area contributed by atoms with Crippen molar-refractivity contribution in [3.8, 4) is 6.07 Å². The second-order valence-corrected chi connectivity index (χ2v) is 7.51. The minimum Gasteiger partial charge on any atom is -0.391 e. The smallest absolute Gasteiger partial charge is 0.253 e. The number of aliphatic hydroxyl groups excluding tert-OH is 1. The van der Waals surface area contributed by atoms with E-state index in [4.69, 9.17) is 5.26 Å². The lowest BCUT2D eigenvalue weighted by molar-refractivity contribution is 0.0137. The van der Waals surface area contributed by atoms with Crippen molar-refractivity contribution in [2.75, 3.05) is 32.7 Å². The first-order valence-electron chi connectivity index (χ1n) is 8.47. The quantitative estimate of drug-likeness (QED) is 0.916. The number of piperazine rings is 1. The van der Waals surface area contributed by atoms with E-state index in [0.717, 1.165) is 18.7 Å². The van der Waals surface area contributed by atoms with Crippen LogP contribution < -0.4 is 0 Å². The Hall–Kier alpha value is -1.90. The number of amides is 1. The van der Waals surface area contributed by atoms with E-state index in [1.165, 1.54) is 0 Å². The zero-order valence-electron chi connectivity index (χ0n) is 14.8. The number of carbonyl (C=O) groups is 1. The first-order valence-corrected chi connectivity index (χ1v) is 8.47. The van der Waals surface area contributed by atoms with Gasteiger partial charge in [-0.3, -0.25) is 9.69 Å². The Morgan fingerprint density at radius 3 is 2.54 bits per heavy atom. The molecule has 1 atom stereocenters. The molecule has 0 bridgehead atoms. The molecule has 1 aromatic rings. The Bertz CT molecular complexity index is 608. The zero-order valence-corrected chi connectivity index (χ0v) is 14.8. The molecular formula is C19H27N3O2. The summed E-state index contributed by atoms with van der Waals surface area (Å²) in [6.07, 6.45) is -0.0537. The Morgan fingerprint density at radius 1 is 1.29 bits per heavy atom. The molecule has 0 aromatic heterocycles. The molecule has 1 amide bonds. The molecule has 1 aliphatic rings. The van der Waals surface area contributed by atoms with Gasteiger partial charge in [-0.05, 0) is 23.1 Å². The monoisotopic (exact) mass is 329 g/mol. The normalized spacial score (nSPS) is 17.4. The molecule has 0 radical (unpaired) electrons. The maximum Gasteiger partial charge on any atom is 0.253 e. The summed E-state index contributed by atoms with van der Waals surface area (Å²) in [5, 5.41) is 19.0. The highest BCUT2D eigenvalue weighted by Gasteiger charge is 2.27. The second-order valence-electron chi connectivity index (χ2n) is 7.51. The highest BCUT2D eigenvalue weighted by atomic mass is 16.3. The zero-order chi connectivity index (χ0) is 17.7. The summed E-state index contributed by atoms with van der Waals surface area (Å²) < 4.78 is 0. The van der Waals surface area contributed by atoms with Crippen molar-refractivity contribution < 1.29 is 9.90 Å². The summed E-state index contributed by atoms with van der Waals surface area (Å²) in [5.74, 6) is 0.0193. The number of nitrogens with zero attached hydrogens (tertiary/aromatic N) is 3. The van der Waals surface area contributed by atoms with Crippen molar-refractivity contribution >= 4 is 5.91 Å². The van der Waals surface area contributed by atoms with E-state index in [2.05, 4.69) is 11.0 Å². The van der Waals surface area contributed by atoms with Crippen LogP contribution in [0.5, 0.6) is 0 Å². The predicted octanol–water partition coefficient (Wildman–Crippen LogP) is 1.92. The van der Waals surface area contributed by atoms with Crippen molar-refractivity contribution in [2.45, 2.75) is 33.3 Å². The molecule has 1 N–H and O–H groups in total. The lowest BCUT2D eigenvalue weighted by atomic mass is 9.89. The van der Waals surface area contributed by atoms with Crippen molar-refractivity contribution in [3.05, 3.63) is 35.4 Å². The third-order valence-electron chi connectivity index (χ3n) is 4.55. The maximum atomic E-state index is 12.6. The number of hydrogen-bond donors (Lipinski definition) is 1. The Kier molecular flexibility index (Phi) is 5.98. The van der Waals surface area contributed by atoms with Crippen LogP contribution in [-0.2, 0) is 6.42 Å². The van der Waals surface area contributed by atoms with Crippen LogP contribution in [0.25, 0.3) is 0 Å². The molecule has 24 heavy (non-hydrogen) atoms. The van der Waals surface area contributed by atoms with E-state index in [9.17, 15) is 9.90 Å². The molecule has 130 valence electrons. The minimum atomic E-state index is -0.373. The van der Waals surface area contributed by atoms with E-state index in [1.54, 1.807) is 12.1 Å². The first kappa shape index (κ1) is 18.4. The van der Waals surface area contributed by atoms with Gasteiger partial charge in [-0.25, -0.2) is 0 Å². The van der Waals surface area contributed by atoms with Crippen LogP contribution in [0.3, 0.4) is 0 Å². The van der Waals surface area contributed by atoms with Gasteiger partial charge < -0.3 is 10.0 Å². The van der Waals surface area contributed by atoms with E-state index in [-0.39, 0.29) is 17.4 Å². The van der Waals surface area contributed by atoms with Gasteiger partial charge in [0.1, 0.15) is 0 Å². The molecule has 0 aliphatic carbocycles. The van der Waals surface area contributed by atoms with E-state index >= 15 is 0 Å². The number of hydrogen-bond acceptors (Lipinski definition) is 4. The molecule has 1 aliphatic heterocycles. The summed E-state index contributed by atoms with van der Waals surface area (Å²) >= 11 is 0. The Balaban J connectivity index is 1.91. The molecule has 0 saturated carbocycles. The van der Waals surface area contributed by atoms with Gasteiger partial charge in [0.05, 0.1) is 18.6 Å². The third kappa shape index (κ3) is 4.80. The van der Waals surface area contributed by atoms with Crippen LogP contribution in [0.2, 0.25) is 0 Å². The maximum absolute atomic E-state index is 12.6. The predicted molar refractivity (Wildman–Crippen MR) is 93.6 cm³/mol. The molecular weight excluding hydrogens is 302 g/mol. The van der Waals surface area contributed by atoms with Gasteiger partial charge in [0, 0.05) is 38.3 Å². The molecule has 2 rings (SSSR count). The molecule has 1 aromatic carbocycles. The molecule has 0 unspecified atom stereocenters. The van der Waals surface area contributed by atoms with Crippen LogP contribution >= 0.6 is 0 Å². The van der Waals surface area contributed by atoms with E-state index in [0.29, 0.717) is 31.6 Å².